The Kier molecular flexibility index (Phi) is 6.08. The molecule has 0 radical (unpaired) electrons. The standard InChI is InChI=1S/C34H26O2/c1-5-15-31-26(9-1)12-7-17-33(31)35-23-25-19-21-28(22-20-25)30-14-4-3-11-29(30)24-36-34-18-8-13-27-10-2-6-16-32(27)34/h1-22H,23-24H2. The van der Waals surface area contributed by atoms with Crippen molar-refractivity contribution in [2.24, 2.45) is 0 Å². The first-order valence-corrected chi connectivity index (χ1v) is 12.2. The first-order valence-electron chi connectivity index (χ1n) is 12.2. The van der Waals surface area contributed by atoms with Crippen LogP contribution in [0.5, 0.6) is 11.5 Å². The van der Waals surface area contributed by atoms with Crippen molar-refractivity contribution in [3.05, 3.63) is 145 Å². The van der Waals surface area contributed by atoms with E-state index in [9.17, 15) is 0 Å². The topological polar surface area (TPSA) is 18.5 Å². The Labute approximate surface area is 211 Å². The van der Waals surface area contributed by atoms with Gasteiger partial charge in [-0.05, 0) is 45.2 Å². The summed E-state index contributed by atoms with van der Waals surface area (Å²) in [7, 11) is 0. The van der Waals surface area contributed by atoms with Crippen molar-refractivity contribution < 1.29 is 9.47 Å². The number of fused-ring (bicyclic) bond motifs is 2. The molecule has 2 heteroatoms. The van der Waals surface area contributed by atoms with Gasteiger partial charge in [0.1, 0.15) is 24.7 Å². The zero-order valence-electron chi connectivity index (χ0n) is 19.9. The van der Waals surface area contributed by atoms with E-state index in [0.717, 1.165) is 33.4 Å². The average molecular weight is 467 g/mol. The lowest BCUT2D eigenvalue weighted by Crippen LogP contribution is -1.99. The van der Waals surface area contributed by atoms with Crippen LogP contribution in [0.3, 0.4) is 0 Å². The molecule has 0 aliphatic carbocycles. The van der Waals surface area contributed by atoms with Gasteiger partial charge in [-0.1, -0.05) is 121 Å². The lowest BCUT2D eigenvalue weighted by molar-refractivity contribution is 0.310. The molecule has 0 heterocycles. The molecule has 0 bridgehead atoms. The number of benzene rings is 6. The van der Waals surface area contributed by atoms with Crippen LogP contribution in [0.15, 0.2) is 133 Å². The highest BCUT2D eigenvalue weighted by atomic mass is 16.5. The van der Waals surface area contributed by atoms with E-state index >= 15 is 0 Å². The molecule has 2 nitrogen and oxygen atoms in total. The van der Waals surface area contributed by atoms with E-state index in [1.807, 2.05) is 30.3 Å². The molecular formula is C34H26O2. The van der Waals surface area contributed by atoms with Crippen LogP contribution in [-0.4, -0.2) is 0 Å². The third kappa shape index (κ3) is 4.54. The van der Waals surface area contributed by atoms with Crippen molar-refractivity contribution in [3.63, 3.8) is 0 Å². The maximum absolute atomic E-state index is 6.29. The molecule has 0 atom stereocenters. The van der Waals surface area contributed by atoms with Gasteiger partial charge in [0.05, 0.1) is 0 Å². The molecule has 0 N–H and O–H groups in total. The molecule has 6 aromatic carbocycles. The van der Waals surface area contributed by atoms with Gasteiger partial charge in [-0.25, -0.2) is 0 Å². The minimum absolute atomic E-state index is 0.510. The summed E-state index contributed by atoms with van der Waals surface area (Å²) in [5.74, 6) is 1.82. The summed E-state index contributed by atoms with van der Waals surface area (Å²) in [4.78, 5) is 0. The van der Waals surface area contributed by atoms with Gasteiger partial charge in [0.2, 0.25) is 0 Å². The molecule has 0 aromatic heterocycles. The summed E-state index contributed by atoms with van der Waals surface area (Å²) in [6.45, 7) is 1.04. The van der Waals surface area contributed by atoms with Crippen LogP contribution in [0.2, 0.25) is 0 Å². The minimum atomic E-state index is 0.510. The van der Waals surface area contributed by atoms with Crippen LogP contribution in [0, 0.1) is 0 Å². The van der Waals surface area contributed by atoms with Gasteiger partial charge in [-0.2, -0.15) is 0 Å². The molecule has 6 aromatic rings. The van der Waals surface area contributed by atoms with Crippen molar-refractivity contribution in [3.8, 4) is 22.6 Å². The molecule has 0 saturated heterocycles. The molecule has 0 amide bonds. The number of hydrogen-bond donors (Lipinski definition) is 0. The molecule has 0 aliphatic heterocycles. The van der Waals surface area contributed by atoms with Crippen molar-refractivity contribution in [1.29, 1.82) is 0 Å². The molecular weight excluding hydrogens is 440 g/mol. The highest BCUT2D eigenvalue weighted by molar-refractivity contribution is 5.89. The Balaban J connectivity index is 1.18. The van der Waals surface area contributed by atoms with Crippen LogP contribution in [0.4, 0.5) is 0 Å². The van der Waals surface area contributed by atoms with Gasteiger partial charge < -0.3 is 9.47 Å². The van der Waals surface area contributed by atoms with Crippen molar-refractivity contribution in [2.45, 2.75) is 13.2 Å². The summed E-state index contributed by atoms with van der Waals surface area (Å²) in [5, 5.41) is 4.64. The largest absolute Gasteiger partial charge is 0.488 e. The SMILES string of the molecule is c1ccc(-c2ccc(COc3cccc4ccccc34)cc2)c(COc2cccc3ccccc23)c1. The number of hydrogen-bond acceptors (Lipinski definition) is 2. The quantitative estimate of drug-likeness (QED) is 0.234. The van der Waals surface area contributed by atoms with Gasteiger partial charge in [0.15, 0.2) is 0 Å². The molecule has 174 valence electrons. The highest BCUT2D eigenvalue weighted by Gasteiger charge is 2.08. The fraction of sp³-hybridized carbons (Fsp3) is 0.0588. The third-order valence-corrected chi connectivity index (χ3v) is 6.56. The van der Waals surface area contributed by atoms with Crippen molar-refractivity contribution in [2.75, 3.05) is 0 Å². The Bertz CT molecular complexity index is 1620. The second kappa shape index (κ2) is 9.97. The van der Waals surface area contributed by atoms with E-state index in [1.54, 1.807) is 0 Å². The van der Waals surface area contributed by atoms with E-state index in [2.05, 4.69) is 103 Å². The molecule has 0 fully saturated rings. The Morgan fingerprint density at radius 3 is 1.61 bits per heavy atom. The van der Waals surface area contributed by atoms with Gasteiger partial charge in [-0.3, -0.25) is 0 Å². The first kappa shape index (κ1) is 21.9. The fourth-order valence-electron chi connectivity index (χ4n) is 4.67. The summed E-state index contributed by atoms with van der Waals surface area (Å²) in [6.07, 6.45) is 0. The summed E-state index contributed by atoms with van der Waals surface area (Å²) >= 11 is 0. The second-order valence-electron chi connectivity index (χ2n) is 8.89. The predicted molar refractivity (Wildman–Crippen MR) is 148 cm³/mol. The Morgan fingerprint density at radius 1 is 0.417 bits per heavy atom. The van der Waals surface area contributed by atoms with Crippen molar-refractivity contribution >= 4 is 21.5 Å². The Hall–Kier alpha value is -4.56. The van der Waals surface area contributed by atoms with Crippen LogP contribution < -0.4 is 9.47 Å². The van der Waals surface area contributed by atoms with Gasteiger partial charge in [-0.15, -0.1) is 0 Å². The third-order valence-electron chi connectivity index (χ3n) is 6.56. The van der Waals surface area contributed by atoms with Gasteiger partial charge in [0.25, 0.3) is 0 Å². The highest BCUT2D eigenvalue weighted by Crippen LogP contribution is 2.30. The lowest BCUT2D eigenvalue weighted by Gasteiger charge is -2.14. The van der Waals surface area contributed by atoms with Crippen LogP contribution >= 0.6 is 0 Å². The maximum atomic E-state index is 6.29. The van der Waals surface area contributed by atoms with Crippen LogP contribution in [-0.2, 0) is 13.2 Å². The monoisotopic (exact) mass is 466 g/mol. The molecule has 36 heavy (non-hydrogen) atoms. The van der Waals surface area contributed by atoms with Gasteiger partial charge in [0, 0.05) is 10.8 Å². The van der Waals surface area contributed by atoms with E-state index in [4.69, 9.17) is 9.47 Å². The normalized spacial score (nSPS) is 11.0. The van der Waals surface area contributed by atoms with Gasteiger partial charge >= 0.3 is 0 Å². The van der Waals surface area contributed by atoms with Crippen molar-refractivity contribution in [1.82, 2.24) is 0 Å². The summed E-state index contributed by atoms with van der Waals surface area (Å²) in [5.41, 5.74) is 4.64. The predicted octanol–water partition coefficient (Wildman–Crippen LogP) is 8.82. The lowest BCUT2D eigenvalue weighted by atomic mass is 9.99. The van der Waals surface area contributed by atoms with E-state index in [1.165, 1.54) is 21.9 Å². The average Bonchev–Trinajstić information content (AvgIpc) is 2.95. The maximum Gasteiger partial charge on any atom is 0.127 e. The van der Waals surface area contributed by atoms with Crippen LogP contribution in [0.25, 0.3) is 32.7 Å². The second-order valence-corrected chi connectivity index (χ2v) is 8.89. The molecule has 0 unspecified atom stereocenters. The fourth-order valence-corrected chi connectivity index (χ4v) is 4.67. The van der Waals surface area contributed by atoms with E-state index in [-0.39, 0.29) is 0 Å². The molecule has 6 rings (SSSR count). The smallest absolute Gasteiger partial charge is 0.127 e. The van der Waals surface area contributed by atoms with Crippen LogP contribution in [0.1, 0.15) is 11.1 Å². The molecule has 0 aliphatic rings. The Morgan fingerprint density at radius 2 is 0.944 bits per heavy atom. The summed E-state index contributed by atoms with van der Waals surface area (Å²) in [6, 6.07) is 46.1. The molecule has 0 spiro atoms. The first-order chi connectivity index (χ1) is 17.8. The minimum Gasteiger partial charge on any atom is -0.488 e. The number of rotatable bonds is 7. The van der Waals surface area contributed by atoms with E-state index < -0.39 is 0 Å². The summed E-state index contributed by atoms with van der Waals surface area (Å²) < 4.78 is 12.5. The zero-order valence-corrected chi connectivity index (χ0v) is 19.9. The van der Waals surface area contributed by atoms with E-state index in [0.29, 0.717) is 13.2 Å². The number of ether oxygens (including phenoxy) is 2. The zero-order chi connectivity index (χ0) is 24.2. The molecule has 0 saturated carbocycles.